The van der Waals surface area contributed by atoms with E-state index in [9.17, 15) is 4.79 Å². The summed E-state index contributed by atoms with van der Waals surface area (Å²) in [5.41, 5.74) is 1.45. The molecule has 4 nitrogen and oxygen atoms in total. The van der Waals surface area contributed by atoms with Gasteiger partial charge in [-0.25, -0.2) is 0 Å². The SMILES string of the molecule is CN=C(C)Nc1ccc(CC(=O)OC(C)(C)C)cc1. The van der Waals surface area contributed by atoms with Crippen molar-refractivity contribution < 1.29 is 9.53 Å². The Kier molecular flexibility index (Phi) is 5.10. The maximum Gasteiger partial charge on any atom is 0.310 e. The number of carbonyl (C=O) groups excluding carboxylic acids is 1. The van der Waals surface area contributed by atoms with Crippen LogP contribution >= 0.6 is 0 Å². The summed E-state index contributed by atoms with van der Waals surface area (Å²) in [4.78, 5) is 15.7. The molecule has 0 unspecified atom stereocenters. The first-order chi connectivity index (χ1) is 8.80. The van der Waals surface area contributed by atoms with Gasteiger partial charge in [-0.2, -0.15) is 0 Å². The number of nitrogens with zero attached hydrogens (tertiary/aromatic N) is 1. The van der Waals surface area contributed by atoms with E-state index in [1.807, 2.05) is 52.0 Å². The summed E-state index contributed by atoms with van der Waals surface area (Å²) in [7, 11) is 1.74. The van der Waals surface area contributed by atoms with Gasteiger partial charge in [0.15, 0.2) is 0 Å². The van der Waals surface area contributed by atoms with Crippen LogP contribution in [0.1, 0.15) is 33.3 Å². The highest BCUT2D eigenvalue weighted by Gasteiger charge is 2.16. The van der Waals surface area contributed by atoms with Crippen LogP contribution < -0.4 is 5.32 Å². The molecule has 0 aliphatic heterocycles. The van der Waals surface area contributed by atoms with Crippen molar-refractivity contribution in [3.63, 3.8) is 0 Å². The minimum absolute atomic E-state index is 0.209. The Morgan fingerprint density at radius 2 is 1.84 bits per heavy atom. The Bertz CT molecular complexity index is 456. The zero-order valence-corrected chi connectivity index (χ0v) is 12.3. The van der Waals surface area contributed by atoms with E-state index >= 15 is 0 Å². The number of esters is 1. The fraction of sp³-hybridized carbons (Fsp3) is 0.467. The fourth-order valence-corrected chi connectivity index (χ4v) is 1.51. The first-order valence-electron chi connectivity index (χ1n) is 6.31. The molecule has 0 radical (unpaired) electrons. The first-order valence-corrected chi connectivity index (χ1v) is 6.31. The normalized spacial score (nSPS) is 12.2. The van der Waals surface area contributed by atoms with Gasteiger partial charge in [-0.15, -0.1) is 0 Å². The van der Waals surface area contributed by atoms with E-state index in [1.54, 1.807) is 7.05 Å². The van der Waals surface area contributed by atoms with Crippen LogP contribution in [0.4, 0.5) is 5.69 Å². The van der Waals surface area contributed by atoms with Crippen molar-refractivity contribution in [2.45, 2.75) is 39.7 Å². The van der Waals surface area contributed by atoms with Crippen LogP contribution in [0.15, 0.2) is 29.3 Å². The van der Waals surface area contributed by atoms with Gasteiger partial charge in [0.05, 0.1) is 12.3 Å². The lowest BCUT2D eigenvalue weighted by Gasteiger charge is -2.19. The number of amidine groups is 1. The molecule has 0 amide bonds. The van der Waals surface area contributed by atoms with Gasteiger partial charge < -0.3 is 10.1 Å². The third kappa shape index (κ3) is 6.04. The molecule has 0 spiro atoms. The van der Waals surface area contributed by atoms with Gasteiger partial charge in [0.1, 0.15) is 5.60 Å². The van der Waals surface area contributed by atoms with E-state index in [-0.39, 0.29) is 5.97 Å². The van der Waals surface area contributed by atoms with Gasteiger partial charge in [0.25, 0.3) is 0 Å². The quantitative estimate of drug-likeness (QED) is 0.517. The summed E-state index contributed by atoms with van der Waals surface area (Å²) in [5.74, 6) is 0.638. The zero-order chi connectivity index (χ0) is 14.5. The summed E-state index contributed by atoms with van der Waals surface area (Å²) in [5, 5.41) is 3.14. The van der Waals surface area contributed by atoms with E-state index < -0.39 is 5.60 Å². The van der Waals surface area contributed by atoms with Gasteiger partial charge in [-0.1, -0.05) is 12.1 Å². The molecule has 1 aromatic carbocycles. The van der Waals surface area contributed by atoms with Crippen LogP contribution in [0, 0.1) is 0 Å². The van der Waals surface area contributed by atoms with Crippen molar-refractivity contribution in [1.29, 1.82) is 0 Å². The van der Waals surface area contributed by atoms with Crippen LogP contribution in [0.2, 0.25) is 0 Å². The number of hydrogen-bond donors (Lipinski definition) is 1. The average molecular weight is 262 g/mol. The largest absolute Gasteiger partial charge is 0.460 e. The van der Waals surface area contributed by atoms with Crippen molar-refractivity contribution >= 4 is 17.5 Å². The Hall–Kier alpha value is -1.84. The van der Waals surface area contributed by atoms with E-state index in [1.165, 1.54) is 0 Å². The minimum Gasteiger partial charge on any atom is -0.460 e. The molecule has 19 heavy (non-hydrogen) atoms. The number of rotatable bonds is 3. The molecule has 0 aliphatic rings. The Labute approximate surface area is 114 Å². The number of nitrogens with one attached hydrogen (secondary N) is 1. The van der Waals surface area contributed by atoms with Crippen molar-refractivity contribution in [2.75, 3.05) is 12.4 Å². The molecule has 0 fully saturated rings. The standard InChI is InChI=1S/C15H22N2O2/c1-11(16-5)17-13-8-6-12(7-9-13)10-14(18)19-15(2,3)4/h6-9H,10H2,1-5H3,(H,16,17). The maximum absolute atomic E-state index is 11.7. The molecule has 0 bridgehead atoms. The molecule has 104 valence electrons. The predicted molar refractivity (Wildman–Crippen MR) is 78.6 cm³/mol. The molecule has 1 aromatic rings. The lowest BCUT2D eigenvalue weighted by molar-refractivity contribution is -0.153. The lowest BCUT2D eigenvalue weighted by Crippen LogP contribution is -2.24. The third-order valence-electron chi connectivity index (χ3n) is 2.38. The second kappa shape index (κ2) is 6.36. The number of aliphatic imine (C=N–C) groups is 1. The smallest absolute Gasteiger partial charge is 0.310 e. The average Bonchev–Trinajstić information content (AvgIpc) is 2.29. The summed E-state index contributed by atoms with van der Waals surface area (Å²) in [6.45, 7) is 7.49. The van der Waals surface area contributed by atoms with Crippen LogP contribution in [0.5, 0.6) is 0 Å². The molecule has 4 heteroatoms. The molecule has 0 heterocycles. The summed E-state index contributed by atoms with van der Waals surface area (Å²) < 4.78 is 5.28. The van der Waals surface area contributed by atoms with Crippen LogP contribution in [-0.4, -0.2) is 24.5 Å². The molecular formula is C15H22N2O2. The topological polar surface area (TPSA) is 50.7 Å². The van der Waals surface area contributed by atoms with Crippen molar-refractivity contribution in [2.24, 2.45) is 4.99 Å². The van der Waals surface area contributed by atoms with Gasteiger partial charge in [-0.3, -0.25) is 9.79 Å². The Morgan fingerprint density at radius 1 is 1.26 bits per heavy atom. The van der Waals surface area contributed by atoms with E-state index in [0.717, 1.165) is 17.1 Å². The lowest BCUT2D eigenvalue weighted by atomic mass is 10.1. The van der Waals surface area contributed by atoms with Crippen LogP contribution in [0.3, 0.4) is 0 Å². The molecule has 0 aromatic heterocycles. The van der Waals surface area contributed by atoms with Crippen LogP contribution in [-0.2, 0) is 16.0 Å². The molecule has 1 N–H and O–H groups in total. The van der Waals surface area contributed by atoms with Crippen LogP contribution in [0.25, 0.3) is 0 Å². The van der Waals surface area contributed by atoms with E-state index in [0.29, 0.717) is 6.42 Å². The highest BCUT2D eigenvalue weighted by molar-refractivity contribution is 5.93. The number of benzene rings is 1. The van der Waals surface area contributed by atoms with Crippen molar-refractivity contribution in [3.05, 3.63) is 29.8 Å². The number of ether oxygens (including phenoxy) is 1. The molecule has 1 rings (SSSR count). The molecular weight excluding hydrogens is 240 g/mol. The highest BCUT2D eigenvalue weighted by Crippen LogP contribution is 2.13. The third-order valence-corrected chi connectivity index (χ3v) is 2.38. The number of anilines is 1. The first kappa shape index (κ1) is 15.2. The predicted octanol–water partition coefficient (Wildman–Crippen LogP) is 3.03. The van der Waals surface area contributed by atoms with Gasteiger partial charge >= 0.3 is 5.97 Å². The van der Waals surface area contributed by atoms with Gasteiger partial charge in [-0.05, 0) is 45.4 Å². The monoisotopic (exact) mass is 262 g/mol. The molecule has 0 saturated heterocycles. The molecule has 0 atom stereocenters. The number of hydrogen-bond acceptors (Lipinski definition) is 3. The second-order valence-electron chi connectivity index (χ2n) is 5.39. The summed E-state index contributed by atoms with van der Waals surface area (Å²) >= 11 is 0. The van der Waals surface area contributed by atoms with Gasteiger partial charge in [0, 0.05) is 12.7 Å². The Morgan fingerprint density at radius 3 is 2.32 bits per heavy atom. The van der Waals surface area contributed by atoms with Gasteiger partial charge in [0.2, 0.25) is 0 Å². The molecule has 0 saturated carbocycles. The minimum atomic E-state index is -0.437. The second-order valence-corrected chi connectivity index (χ2v) is 5.39. The highest BCUT2D eigenvalue weighted by atomic mass is 16.6. The van der Waals surface area contributed by atoms with Crippen molar-refractivity contribution in [3.8, 4) is 0 Å². The molecule has 0 aliphatic carbocycles. The number of carbonyl (C=O) groups is 1. The van der Waals surface area contributed by atoms with E-state index in [2.05, 4.69) is 10.3 Å². The fourth-order valence-electron chi connectivity index (χ4n) is 1.51. The van der Waals surface area contributed by atoms with E-state index in [4.69, 9.17) is 4.74 Å². The summed E-state index contributed by atoms with van der Waals surface area (Å²) in [6, 6.07) is 7.67. The Balaban J connectivity index is 2.60. The maximum atomic E-state index is 11.7. The van der Waals surface area contributed by atoms with Crippen molar-refractivity contribution in [1.82, 2.24) is 0 Å². The zero-order valence-electron chi connectivity index (χ0n) is 12.3. The summed E-state index contributed by atoms with van der Waals surface area (Å²) in [6.07, 6.45) is 0.290.